The molecule has 0 spiro atoms. The average Bonchev–Trinajstić information content (AvgIpc) is 2.27. The van der Waals surface area contributed by atoms with Crippen molar-refractivity contribution in [1.82, 2.24) is 10.6 Å². The van der Waals surface area contributed by atoms with E-state index in [1.165, 1.54) is 0 Å². The van der Waals surface area contributed by atoms with Gasteiger partial charge in [-0.3, -0.25) is 4.79 Å². The van der Waals surface area contributed by atoms with Crippen molar-refractivity contribution >= 4 is 5.91 Å². The Morgan fingerprint density at radius 3 is 2.53 bits per heavy atom. The fourth-order valence-electron chi connectivity index (χ4n) is 1.17. The van der Waals surface area contributed by atoms with Crippen LogP contribution in [0.2, 0.25) is 0 Å². The Bertz CT molecular complexity index is 196. The van der Waals surface area contributed by atoms with E-state index in [0.717, 1.165) is 26.0 Å². The molecule has 1 unspecified atom stereocenters. The summed E-state index contributed by atoms with van der Waals surface area (Å²) < 4.78 is 5.38. The highest BCUT2D eigenvalue weighted by molar-refractivity contribution is 5.78. The third-order valence-electron chi connectivity index (χ3n) is 2.74. The molecule has 4 heteroatoms. The summed E-state index contributed by atoms with van der Waals surface area (Å²) in [6.07, 6.45) is 2.26. The molecule has 2 N–H and O–H groups in total. The molecule has 0 rings (SSSR count). The Morgan fingerprint density at radius 1 is 1.24 bits per heavy atom. The topological polar surface area (TPSA) is 50.4 Å². The molecule has 0 aromatic rings. The maximum atomic E-state index is 11.5. The van der Waals surface area contributed by atoms with Gasteiger partial charge in [-0.2, -0.15) is 0 Å². The van der Waals surface area contributed by atoms with E-state index in [-0.39, 0.29) is 11.9 Å². The quantitative estimate of drug-likeness (QED) is 0.573. The standard InChI is InChI=1S/C13H28N2O2/c1-5-6-8-17-9-7-14-10-13(16)15-12(4)11(2)3/h11-12,14H,5-10H2,1-4H3,(H,15,16). The number of hydrogen-bond acceptors (Lipinski definition) is 3. The molecule has 0 bridgehead atoms. The van der Waals surface area contributed by atoms with Gasteiger partial charge in [0.1, 0.15) is 0 Å². The Labute approximate surface area is 105 Å². The van der Waals surface area contributed by atoms with E-state index in [4.69, 9.17) is 4.74 Å². The summed E-state index contributed by atoms with van der Waals surface area (Å²) in [4.78, 5) is 11.5. The van der Waals surface area contributed by atoms with Crippen molar-refractivity contribution in [3.8, 4) is 0 Å². The molecule has 0 aromatic carbocycles. The SMILES string of the molecule is CCCCOCCNCC(=O)NC(C)C(C)C. The summed E-state index contributed by atoms with van der Waals surface area (Å²) in [6, 6.07) is 0.227. The minimum absolute atomic E-state index is 0.0553. The first kappa shape index (κ1) is 16.4. The first-order valence-electron chi connectivity index (χ1n) is 6.65. The normalized spacial score (nSPS) is 12.8. The summed E-state index contributed by atoms with van der Waals surface area (Å²) in [6.45, 7) is 10.9. The molecule has 0 aliphatic rings. The highest BCUT2D eigenvalue weighted by Crippen LogP contribution is 1.98. The molecule has 0 fully saturated rings. The second-order valence-electron chi connectivity index (χ2n) is 4.74. The number of nitrogens with one attached hydrogen (secondary N) is 2. The lowest BCUT2D eigenvalue weighted by Crippen LogP contribution is -2.41. The van der Waals surface area contributed by atoms with Gasteiger partial charge in [-0.1, -0.05) is 27.2 Å². The Hall–Kier alpha value is -0.610. The van der Waals surface area contributed by atoms with Crippen molar-refractivity contribution in [2.75, 3.05) is 26.3 Å². The largest absolute Gasteiger partial charge is 0.380 e. The van der Waals surface area contributed by atoms with Crippen LogP contribution in [0, 0.1) is 5.92 Å². The van der Waals surface area contributed by atoms with E-state index in [2.05, 4.69) is 31.4 Å². The molecule has 0 saturated heterocycles. The van der Waals surface area contributed by atoms with Gasteiger partial charge in [-0.25, -0.2) is 0 Å². The Kier molecular flexibility index (Phi) is 10.2. The molecule has 0 aliphatic heterocycles. The number of hydrogen-bond donors (Lipinski definition) is 2. The van der Waals surface area contributed by atoms with Crippen molar-refractivity contribution in [2.45, 2.75) is 46.6 Å². The van der Waals surface area contributed by atoms with Gasteiger partial charge in [0.15, 0.2) is 0 Å². The lowest BCUT2D eigenvalue weighted by molar-refractivity contribution is -0.121. The Morgan fingerprint density at radius 2 is 1.94 bits per heavy atom. The van der Waals surface area contributed by atoms with Gasteiger partial charge in [0.25, 0.3) is 0 Å². The van der Waals surface area contributed by atoms with Crippen LogP contribution in [0.25, 0.3) is 0 Å². The molecule has 1 atom stereocenters. The number of rotatable bonds is 10. The highest BCUT2D eigenvalue weighted by atomic mass is 16.5. The van der Waals surface area contributed by atoms with Crippen LogP contribution in [0.5, 0.6) is 0 Å². The summed E-state index contributed by atoms with van der Waals surface area (Å²) >= 11 is 0. The van der Waals surface area contributed by atoms with Gasteiger partial charge in [-0.15, -0.1) is 0 Å². The van der Waals surface area contributed by atoms with Crippen molar-refractivity contribution in [3.63, 3.8) is 0 Å². The molecule has 0 radical (unpaired) electrons. The molecular weight excluding hydrogens is 216 g/mol. The molecule has 0 aliphatic carbocycles. The van der Waals surface area contributed by atoms with Crippen molar-refractivity contribution in [2.24, 2.45) is 5.92 Å². The van der Waals surface area contributed by atoms with Crippen LogP contribution < -0.4 is 10.6 Å². The van der Waals surface area contributed by atoms with Crippen LogP contribution in [0.15, 0.2) is 0 Å². The third-order valence-corrected chi connectivity index (χ3v) is 2.74. The minimum atomic E-state index is 0.0553. The lowest BCUT2D eigenvalue weighted by Gasteiger charge is -2.17. The monoisotopic (exact) mass is 244 g/mol. The summed E-state index contributed by atoms with van der Waals surface area (Å²) in [5.74, 6) is 0.524. The first-order chi connectivity index (χ1) is 8.07. The maximum absolute atomic E-state index is 11.5. The number of unbranched alkanes of at least 4 members (excludes halogenated alkanes) is 1. The van der Waals surface area contributed by atoms with E-state index in [1.54, 1.807) is 0 Å². The van der Waals surface area contributed by atoms with Crippen LogP contribution in [-0.4, -0.2) is 38.3 Å². The molecule has 0 saturated carbocycles. The van der Waals surface area contributed by atoms with Crippen molar-refractivity contribution in [1.29, 1.82) is 0 Å². The van der Waals surface area contributed by atoms with E-state index in [9.17, 15) is 4.79 Å². The fraction of sp³-hybridized carbons (Fsp3) is 0.923. The van der Waals surface area contributed by atoms with Gasteiger partial charge in [0.2, 0.25) is 5.91 Å². The second kappa shape index (κ2) is 10.5. The van der Waals surface area contributed by atoms with Crippen LogP contribution >= 0.6 is 0 Å². The van der Waals surface area contributed by atoms with Gasteiger partial charge in [-0.05, 0) is 19.3 Å². The van der Waals surface area contributed by atoms with Crippen LogP contribution in [0.1, 0.15) is 40.5 Å². The minimum Gasteiger partial charge on any atom is -0.380 e. The highest BCUT2D eigenvalue weighted by Gasteiger charge is 2.09. The van der Waals surface area contributed by atoms with Gasteiger partial charge < -0.3 is 15.4 Å². The van der Waals surface area contributed by atoms with Crippen molar-refractivity contribution in [3.05, 3.63) is 0 Å². The molecule has 17 heavy (non-hydrogen) atoms. The molecule has 0 aromatic heterocycles. The van der Waals surface area contributed by atoms with Crippen molar-refractivity contribution < 1.29 is 9.53 Å². The van der Waals surface area contributed by atoms with E-state index in [1.807, 2.05) is 6.92 Å². The third kappa shape index (κ3) is 10.3. The van der Waals surface area contributed by atoms with E-state index in [0.29, 0.717) is 19.1 Å². The smallest absolute Gasteiger partial charge is 0.234 e. The molecular formula is C13H28N2O2. The number of carbonyl (C=O) groups is 1. The van der Waals surface area contributed by atoms with Crippen LogP contribution in [0.3, 0.4) is 0 Å². The predicted octanol–water partition coefficient (Wildman–Crippen LogP) is 1.55. The van der Waals surface area contributed by atoms with E-state index < -0.39 is 0 Å². The maximum Gasteiger partial charge on any atom is 0.234 e. The first-order valence-corrected chi connectivity index (χ1v) is 6.65. The van der Waals surface area contributed by atoms with Gasteiger partial charge in [0.05, 0.1) is 13.2 Å². The zero-order valence-electron chi connectivity index (χ0n) is 11.7. The zero-order valence-corrected chi connectivity index (χ0v) is 11.7. The second-order valence-corrected chi connectivity index (χ2v) is 4.74. The van der Waals surface area contributed by atoms with Crippen LogP contribution in [-0.2, 0) is 9.53 Å². The molecule has 4 nitrogen and oxygen atoms in total. The summed E-state index contributed by atoms with van der Waals surface area (Å²) in [7, 11) is 0. The fourth-order valence-corrected chi connectivity index (χ4v) is 1.17. The summed E-state index contributed by atoms with van der Waals surface area (Å²) in [5, 5.41) is 6.02. The Balaban J connectivity index is 3.33. The predicted molar refractivity (Wildman–Crippen MR) is 71.0 cm³/mol. The molecule has 0 heterocycles. The van der Waals surface area contributed by atoms with Gasteiger partial charge in [0, 0.05) is 19.2 Å². The number of carbonyl (C=O) groups excluding carboxylic acids is 1. The summed E-state index contributed by atoms with van der Waals surface area (Å²) in [5.41, 5.74) is 0. The van der Waals surface area contributed by atoms with Gasteiger partial charge >= 0.3 is 0 Å². The zero-order chi connectivity index (χ0) is 13.1. The number of ether oxygens (including phenoxy) is 1. The number of amides is 1. The molecule has 1 amide bonds. The molecule has 102 valence electrons. The average molecular weight is 244 g/mol. The lowest BCUT2D eigenvalue weighted by atomic mass is 10.1. The van der Waals surface area contributed by atoms with E-state index >= 15 is 0 Å². The van der Waals surface area contributed by atoms with Crippen LogP contribution in [0.4, 0.5) is 0 Å².